The Morgan fingerprint density at radius 1 is 1.50 bits per heavy atom. The molecular formula is C11H15N3O2. The van der Waals surface area contributed by atoms with Gasteiger partial charge in [-0.3, -0.25) is 4.79 Å². The van der Waals surface area contributed by atoms with Crippen LogP contribution in [0.5, 0.6) is 0 Å². The van der Waals surface area contributed by atoms with Gasteiger partial charge in [-0.15, -0.1) is 0 Å². The van der Waals surface area contributed by atoms with Crippen LogP contribution < -0.4 is 16.8 Å². The minimum absolute atomic E-state index is 0.197. The molecule has 1 aliphatic rings. The molecule has 2 rings (SSSR count). The molecule has 0 aromatic heterocycles. The van der Waals surface area contributed by atoms with Gasteiger partial charge in [0.25, 0.3) is 5.91 Å². The zero-order valence-corrected chi connectivity index (χ0v) is 8.90. The topological polar surface area (TPSA) is 90.4 Å². The maximum absolute atomic E-state index is 11.2. The van der Waals surface area contributed by atoms with E-state index in [-0.39, 0.29) is 6.04 Å². The van der Waals surface area contributed by atoms with Crippen molar-refractivity contribution in [2.45, 2.75) is 12.5 Å². The molecule has 1 fully saturated rings. The van der Waals surface area contributed by atoms with Gasteiger partial charge >= 0.3 is 0 Å². The fourth-order valence-corrected chi connectivity index (χ4v) is 1.79. The number of carbonyl (C=O) groups excluding carboxylic acids is 1. The highest BCUT2D eigenvalue weighted by Crippen LogP contribution is 2.25. The van der Waals surface area contributed by atoms with Crippen LogP contribution in [0.4, 0.5) is 11.4 Å². The molecule has 5 heteroatoms. The van der Waals surface area contributed by atoms with Crippen LogP contribution in [-0.2, 0) is 4.74 Å². The maximum atomic E-state index is 11.2. The highest BCUT2D eigenvalue weighted by molar-refractivity contribution is 6.01. The van der Waals surface area contributed by atoms with Crippen molar-refractivity contribution < 1.29 is 9.53 Å². The number of hydrogen-bond donors (Lipinski definition) is 3. The van der Waals surface area contributed by atoms with Crippen molar-refractivity contribution in [1.82, 2.24) is 0 Å². The van der Waals surface area contributed by atoms with Gasteiger partial charge in [0, 0.05) is 6.61 Å². The minimum Gasteiger partial charge on any atom is -0.397 e. The van der Waals surface area contributed by atoms with E-state index in [9.17, 15) is 4.79 Å². The Hall–Kier alpha value is -1.75. The SMILES string of the molecule is NC(=O)c1cccc(N)c1NC1CCOC1. The van der Waals surface area contributed by atoms with Crippen LogP contribution in [0.25, 0.3) is 0 Å². The van der Waals surface area contributed by atoms with E-state index >= 15 is 0 Å². The minimum atomic E-state index is -0.478. The van der Waals surface area contributed by atoms with Crippen LogP contribution in [0.2, 0.25) is 0 Å². The van der Waals surface area contributed by atoms with E-state index in [1.807, 2.05) is 0 Å². The maximum Gasteiger partial charge on any atom is 0.250 e. The summed E-state index contributed by atoms with van der Waals surface area (Å²) in [6.45, 7) is 1.36. The molecule has 5 N–H and O–H groups in total. The number of primary amides is 1. The third-order valence-electron chi connectivity index (χ3n) is 2.64. The zero-order chi connectivity index (χ0) is 11.5. The van der Waals surface area contributed by atoms with Crippen LogP contribution in [0.3, 0.4) is 0 Å². The number of amides is 1. The lowest BCUT2D eigenvalue weighted by atomic mass is 10.1. The Morgan fingerprint density at radius 3 is 2.94 bits per heavy atom. The number of benzene rings is 1. The summed E-state index contributed by atoms with van der Waals surface area (Å²) in [6.07, 6.45) is 0.909. The third-order valence-corrected chi connectivity index (χ3v) is 2.64. The number of para-hydroxylation sites is 1. The molecule has 1 unspecified atom stereocenters. The first kappa shape index (κ1) is 10.8. The average Bonchev–Trinajstić information content (AvgIpc) is 2.73. The number of nitrogen functional groups attached to an aromatic ring is 1. The fraction of sp³-hybridized carbons (Fsp3) is 0.364. The second kappa shape index (κ2) is 4.40. The predicted molar refractivity (Wildman–Crippen MR) is 62.2 cm³/mol. The number of nitrogens with two attached hydrogens (primary N) is 2. The van der Waals surface area contributed by atoms with Crippen LogP contribution >= 0.6 is 0 Å². The van der Waals surface area contributed by atoms with E-state index in [4.69, 9.17) is 16.2 Å². The molecule has 0 spiro atoms. The van der Waals surface area contributed by atoms with Gasteiger partial charge in [-0.25, -0.2) is 0 Å². The molecule has 5 nitrogen and oxygen atoms in total. The molecule has 1 aliphatic heterocycles. The van der Waals surface area contributed by atoms with Gasteiger partial charge in [-0.1, -0.05) is 6.07 Å². The second-order valence-electron chi connectivity index (χ2n) is 3.84. The number of hydrogen-bond acceptors (Lipinski definition) is 4. The summed E-state index contributed by atoms with van der Waals surface area (Å²) in [5.74, 6) is -0.478. The largest absolute Gasteiger partial charge is 0.397 e. The first-order valence-electron chi connectivity index (χ1n) is 5.21. The molecule has 0 saturated carbocycles. The summed E-state index contributed by atoms with van der Waals surface area (Å²) in [5, 5.41) is 3.21. The van der Waals surface area contributed by atoms with Crippen LogP contribution in [-0.4, -0.2) is 25.2 Å². The van der Waals surface area contributed by atoms with Gasteiger partial charge in [0.2, 0.25) is 0 Å². The summed E-state index contributed by atoms with van der Waals surface area (Å²) in [5.41, 5.74) is 12.7. The number of rotatable bonds is 3. The fourth-order valence-electron chi connectivity index (χ4n) is 1.79. The van der Waals surface area contributed by atoms with Crippen molar-refractivity contribution in [2.24, 2.45) is 5.73 Å². The van der Waals surface area contributed by atoms with Gasteiger partial charge in [-0.2, -0.15) is 0 Å². The van der Waals surface area contributed by atoms with E-state index in [1.54, 1.807) is 18.2 Å². The molecule has 1 heterocycles. The number of anilines is 2. The predicted octanol–water partition coefficient (Wildman–Crippen LogP) is 0.568. The lowest BCUT2D eigenvalue weighted by Gasteiger charge is -2.16. The van der Waals surface area contributed by atoms with Crippen molar-refractivity contribution >= 4 is 17.3 Å². The molecule has 0 bridgehead atoms. The molecule has 1 aromatic rings. The van der Waals surface area contributed by atoms with Crippen molar-refractivity contribution in [1.29, 1.82) is 0 Å². The first-order chi connectivity index (χ1) is 7.68. The number of ether oxygens (including phenoxy) is 1. The summed E-state index contributed by atoms with van der Waals surface area (Å²) >= 11 is 0. The third kappa shape index (κ3) is 2.09. The number of carbonyl (C=O) groups is 1. The highest BCUT2D eigenvalue weighted by Gasteiger charge is 2.19. The van der Waals surface area contributed by atoms with Crippen molar-refractivity contribution in [3.63, 3.8) is 0 Å². The zero-order valence-electron chi connectivity index (χ0n) is 8.90. The summed E-state index contributed by atoms with van der Waals surface area (Å²) < 4.78 is 5.25. The molecule has 1 saturated heterocycles. The Morgan fingerprint density at radius 2 is 2.31 bits per heavy atom. The van der Waals surface area contributed by atoms with Crippen LogP contribution in [0.15, 0.2) is 18.2 Å². The average molecular weight is 221 g/mol. The Balaban J connectivity index is 2.26. The number of nitrogens with one attached hydrogen (secondary N) is 1. The van der Waals surface area contributed by atoms with Crippen LogP contribution in [0.1, 0.15) is 16.8 Å². The molecule has 86 valence electrons. The standard InChI is InChI=1S/C11H15N3O2/c12-9-3-1-2-8(11(13)15)10(9)14-7-4-5-16-6-7/h1-3,7,14H,4-6,12H2,(H2,13,15). The smallest absolute Gasteiger partial charge is 0.250 e. The van der Waals surface area contributed by atoms with Gasteiger partial charge in [-0.05, 0) is 18.6 Å². The Labute approximate surface area is 93.8 Å². The lowest BCUT2D eigenvalue weighted by Crippen LogP contribution is -2.23. The van der Waals surface area contributed by atoms with Gasteiger partial charge in [0.15, 0.2) is 0 Å². The van der Waals surface area contributed by atoms with Crippen LogP contribution in [0, 0.1) is 0 Å². The van der Waals surface area contributed by atoms with E-state index in [2.05, 4.69) is 5.32 Å². The summed E-state index contributed by atoms with van der Waals surface area (Å²) in [6, 6.07) is 5.32. The molecule has 0 aliphatic carbocycles. The lowest BCUT2D eigenvalue weighted by molar-refractivity contribution is 0.100. The van der Waals surface area contributed by atoms with E-state index in [1.165, 1.54) is 0 Å². The Bertz CT molecular complexity index is 400. The molecule has 0 radical (unpaired) electrons. The summed E-state index contributed by atoms with van der Waals surface area (Å²) in [7, 11) is 0. The summed E-state index contributed by atoms with van der Waals surface area (Å²) in [4.78, 5) is 11.2. The Kier molecular flexibility index (Phi) is 2.96. The van der Waals surface area contributed by atoms with Gasteiger partial charge in [0.05, 0.1) is 29.6 Å². The van der Waals surface area contributed by atoms with E-state index in [0.29, 0.717) is 23.5 Å². The molecule has 16 heavy (non-hydrogen) atoms. The van der Waals surface area contributed by atoms with Gasteiger partial charge < -0.3 is 21.5 Å². The quantitative estimate of drug-likeness (QED) is 0.651. The normalized spacial score (nSPS) is 19.6. The monoisotopic (exact) mass is 221 g/mol. The second-order valence-corrected chi connectivity index (χ2v) is 3.84. The van der Waals surface area contributed by atoms with E-state index < -0.39 is 5.91 Å². The van der Waals surface area contributed by atoms with Gasteiger partial charge in [0.1, 0.15) is 0 Å². The molecule has 1 amide bonds. The highest BCUT2D eigenvalue weighted by atomic mass is 16.5. The van der Waals surface area contributed by atoms with Crippen molar-refractivity contribution in [2.75, 3.05) is 24.3 Å². The molecule has 1 aromatic carbocycles. The molecular weight excluding hydrogens is 206 g/mol. The first-order valence-corrected chi connectivity index (χ1v) is 5.21. The molecule has 1 atom stereocenters. The van der Waals surface area contributed by atoms with E-state index in [0.717, 1.165) is 13.0 Å². The van der Waals surface area contributed by atoms with Crippen molar-refractivity contribution in [3.05, 3.63) is 23.8 Å². The van der Waals surface area contributed by atoms with Crippen molar-refractivity contribution in [3.8, 4) is 0 Å².